The summed E-state index contributed by atoms with van der Waals surface area (Å²) < 4.78 is 0. The minimum atomic E-state index is 0.571. The van der Waals surface area contributed by atoms with Crippen molar-refractivity contribution < 1.29 is 0 Å². The first-order valence-electron chi connectivity index (χ1n) is 13.5. The Balaban J connectivity index is 1.51. The Hall–Kier alpha value is -0.260. The van der Waals surface area contributed by atoms with E-state index >= 15 is 0 Å². The summed E-state index contributed by atoms with van der Waals surface area (Å²) in [4.78, 5) is 0. The molecule has 4 aliphatic rings. The predicted octanol–water partition coefficient (Wildman–Crippen LogP) is 9.20. The van der Waals surface area contributed by atoms with Crippen LogP contribution in [-0.4, -0.2) is 0 Å². The molecule has 0 aromatic heterocycles. The summed E-state index contributed by atoms with van der Waals surface area (Å²) in [7, 11) is 0. The van der Waals surface area contributed by atoms with E-state index in [0.29, 0.717) is 10.8 Å². The number of rotatable bonds is 6. The van der Waals surface area contributed by atoms with Gasteiger partial charge in [0.25, 0.3) is 0 Å². The third kappa shape index (κ3) is 3.78. The van der Waals surface area contributed by atoms with E-state index in [1.54, 1.807) is 0 Å². The lowest BCUT2D eigenvalue weighted by molar-refractivity contribution is 0.0517. The van der Waals surface area contributed by atoms with Gasteiger partial charge in [0.1, 0.15) is 0 Å². The molecule has 2 saturated carbocycles. The van der Waals surface area contributed by atoms with Crippen LogP contribution in [0.25, 0.3) is 0 Å². The molecule has 2 unspecified atom stereocenters. The molecule has 0 aromatic carbocycles. The highest BCUT2D eigenvalue weighted by Gasteiger charge is 2.55. The Kier molecular flexibility index (Phi) is 6.32. The minimum absolute atomic E-state index is 0.571. The SMILES string of the molecule is CCC1CC[C@]2(C)C3=C(CCC2C1)[C@@H]1CC[C@H]([C@H](C)CCCC(C)C)[C@@]1(C)CC3. The second-order valence-electron chi connectivity index (χ2n) is 12.7. The molecule has 0 N–H and O–H groups in total. The lowest BCUT2D eigenvalue weighted by Gasteiger charge is -2.55. The monoisotopic (exact) mass is 398 g/mol. The van der Waals surface area contributed by atoms with Crippen LogP contribution in [0.1, 0.15) is 125 Å². The molecule has 0 heteroatoms. The maximum atomic E-state index is 2.72. The highest BCUT2D eigenvalue weighted by atomic mass is 14.6. The van der Waals surface area contributed by atoms with Crippen LogP contribution in [0, 0.1) is 46.3 Å². The maximum absolute atomic E-state index is 2.72. The summed E-state index contributed by atoms with van der Waals surface area (Å²) >= 11 is 0. The van der Waals surface area contributed by atoms with Crippen molar-refractivity contribution in [2.24, 2.45) is 46.3 Å². The molecule has 0 bridgehead atoms. The van der Waals surface area contributed by atoms with Crippen molar-refractivity contribution in [2.75, 3.05) is 0 Å². The Morgan fingerprint density at radius 1 is 0.931 bits per heavy atom. The maximum Gasteiger partial charge on any atom is -0.00850 e. The summed E-state index contributed by atoms with van der Waals surface area (Å²) in [5.74, 6) is 5.73. The first kappa shape index (κ1) is 22.0. The average molecular weight is 399 g/mol. The molecular formula is C29H50. The minimum Gasteiger partial charge on any atom is -0.0668 e. The smallest absolute Gasteiger partial charge is 0.00850 e. The molecule has 0 spiro atoms. The van der Waals surface area contributed by atoms with Gasteiger partial charge in [-0.15, -0.1) is 0 Å². The zero-order valence-electron chi connectivity index (χ0n) is 20.7. The molecule has 29 heavy (non-hydrogen) atoms. The highest BCUT2D eigenvalue weighted by molar-refractivity contribution is 5.34. The Morgan fingerprint density at radius 2 is 1.72 bits per heavy atom. The van der Waals surface area contributed by atoms with Crippen molar-refractivity contribution in [3.63, 3.8) is 0 Å². The molecule has 0 aromatic rings. The van der Waals surface area contributed by atoms with Crippen LogP contribution in [0.15, 0.2) is 11.1 Å². The zero-order chi connectivity index (χ0) is 20.8. The number of allylic oxidation sites excluding steroid dienone is 2. The fourth-order valence-corrected chi connectivity index (χ4v) is 8.95. The van der Waals surface area contributed by atoms with Crippen LogP contribution in [0.2, 0.25) is 0 Å². The molecule has 7 atom stereocenters. The molecule has 4 rings (SSSR count). The lowest BCUT2D eigenvalue weighted by Crippen LogP contribution is -2.44. The number of fused-ring (bicyclic) bond motifs is 4. The molecule has 0 aliphatic heterocycles. The van der Waals surface area contributed by atoms with Crippen LogP contribution in [0.4, 0.5) is 0 Å². The predicted molar refractivity (Wildman–Crippen MR) is 127 cm³/mol. The van der Waals surface area contributed by atoms with Crippen molar-refractivity contribution in [3.05, 3.63) is 11.1 Å². The molecular weight excluding hydrogens is 348 g/mol. The third-order valence-electron chi connectivity index (χ3n) is 10.9. The van der Waals surface area contributed by atoms with Gasteiger partial charge in [0.2, 0.25) is 0 Å². The van der Waals surface area contributed by atoms with Crippen molar-refractivity contribution in [2.45, 2.75) is 125 Å². The largest absolute Gasteiger partial charge is 0.0668 e. The van der Waals surface area contributed by atoms with E-state index < -0.39 is 0 Å². The fraction of sp³-hybridized carbons (Fsp3) is 0.931. The van der Waals surface area contributed by atoms with E-state index in [1.165, 1.54) is 83.5 Å². The second kappa shape index (κ2) is 8.35. The van der Waals surface area contributed by atoms with Gasteiger partial charge in [-0.2, -0.15) is 0 Å². The van der Waals surface area contributed by atoms with Crippen LogP contribution >= 0.6 is 0 Å². The van der Waals surface area contributed by atoms with Crippen LogP contribution in [-0.2, 0) is 0 Å². The number of hydrogen-bond donors (Lipinski definition) is 0. The van der Waals surface area contributed by atoms with Crippen LogP contribution in [0.3, 0.4) is 0 Å². The first-order valence-corrected chi connectivity index (χ1v) is 13.5. The molecule has 4 aliphatic carbocycles. The first-order chi connectivity index (χ1) is 13.8. The summed E-state index contributed by atoms with van der Waals surface area (Å²) in [6.07, 6.45) is 19.2. The van der Waals surface area contributed by atoms with Gasteiger partial charge < -0.3 is 0 Å². The van der Waals surface area contributed by atoms with E-state index in [9.17, 15) is 0 Å². The zero-order valence-corrected chi connectivity index (χ0v) is 20.7. The summed E-state index contributed by atoms with van der Waals surface area (Å²) in [5, 5.41) is 0. The average Bonchev–Trinajstić information content (AvgIpc) is 3.04. The molecule has 0 radical (unpaired) electrons. The van der Waals surface area contributed by atoms with Crippen LogP contribution < -0.4 is 0 Å². The molecule has 166 valence electrons. The Labute approximate surface area is 182 Å². The second-order valence-corrected chi connectivity index (χ2v) is 12.7. The quantitative estimate of drug-likeness (QED) is 0.391. The Morgan fingerprint density at radius 3 is 2.45 bits per heavy atom. The van der Waals surface area contributed by atoms with Gasteiger partial charge in [-0.1, -0.05) is 78.4 Å². The lowest BCUT2D eigenvalue weighted by atomic mass is 9.50. The van der Waals surface area contributed by atoms with Gasteiger partial charge >= 0.3 is 0 Å². The molecule has 2 fully saturated rings. The van der Waals surface area contributed by atoms with E-state index in [2.05, 4.69) is 41.5 Å². The van der Waals surface area contributed by atoms with Gasteiger partial charge in [-0.05, 0) is 104 Å². The molecule has 0 amide bonds. The van der Waals surface area contributed by atoms with E-state index in [-0.39, 0.29) is 0 Å². The Bertz CT molecular complexity index is 612. The van der Waals surface area contributed by atoms with E-state index in [1.807, 2.05) is 11.1 Å². The highest BCUT2D eigenvalue weighted by Crippen LogP contribution is 2.66. The summed E-state index contributed by atoms with van der Waals surface area (Å²) in [5.41, 5.74) is 5.18. The summed E-state index contributed by atoms with van der Waals surface area (Å²) in [6.45, 7) is 15.2. The van der Waals surface area contributed by atoms with Gasteiger partial charge in [-0.25, -0.2) is 0 Å². The van der Waals surface area contributed by atoms with Crippen molar-refractivity contribution >= 4 is 0 Å². The molecule has 0 heterocycles. The van der Waals surface area contributed by atoms with Crippen molar-refractivity contribution in [1.82, 2.24) is 0 Å². The standard InChI is InChI=1S/C29H50/c1-7-22-15-17-28(5)23(19-22)11-12-24-26-14-13-25(21(4)10-8-9-20(2)3)29(26,6)18-16-27(24)28/h20-23,25-26H,7-19H2,1-6H3/t21-,22?,23?,25-,26+,28+,29-/m1/s1. The number of hydrogen-bond acceptors (Lipinski definition) is 0. The van der Waals surface area contributed by atoms with Crippen molar-refractivity contribution in [1.29, 1.82) is 0 Å². The normalized spacial score (nSPS) is 43.1. The van der Waals surface area contributed by atoms with Crippen molar-refractivity contribution in [3.8, 4) is 0 Å². The van der Waals surface area contributed by atoms with Gasteiger partial charge in [-0.3, -0.25) is 0 Å². The van der Waals surface area contributed by atoms with Gasteiger partial charge in [0, 0.05) is 0 Å². The third-order valence-corrected chi connectivity index (χ3v) is 10.9. The summed E-state index contributed by atoms with van der Waals surface area (Å²) in [6, 6.07) is 0. The fourth-order valence-electron chi connectivity index (χ4n) is 8.95. The van der Waals surface area contributed by atoms with E-state index in [4.69, 9.17) is 0 Å². The van der Waals surface area contributed by atoms with Crippen LogP contribution in [0.5, 0.6) is 0 Å². The topological polar surface area (TPSA) is 0 Å². The van der Waals surface area contributed by atoms with Gasteiger partial charge in [0.15, 0.2) is 0 Å². The molecule has 0 nitrogen and oxygen atoms in total. The van der Waals surface area contributed by atoms with E-state index in [0.717, 1.165) is 35.5 Å². The molecule has 0 saturated heterocycles. The van der Waals surface area contributed by atoms with Gasteiger partial charge in [0.05, 0.1) is 0 Å².